The zero-order valence-corrected chi connectivity index (χ0v) is 14.3. The van der Waals surface area contributed by atoms with Gasteiger partial charge in [-0.2, -0.15) is 0 Å². The standard InChI is InChI=1S/C17H27N5O2/c1-19-17(20-10-14-6-7-15(24-14)16(18)23)21-12-8-9-22(11-12)13-4-2-3-5-13/h6-7,12-13H,2-5,8-11H2,1H3,(H2,18,23)(H2,19,20,21). The van der Waals surface area contributed by atoms with E-state index in [9.17, 15) is 4.79 Å². The van der Waals surface area contributed by atoms with E-state index in [1.165, 1.54) is 32.2 Å². The lowest BCUT2D eigenvalue weighted by Gasteiger charge is -2.24. The second-order valence-electron chi connectivity index (χ2n) is 6.62. The number of nitrogens with one attached hydrogen (secondary N) is 2. The van der Waals surface area contributed by atoms with Crippen LogP contribution >= 0.6 is 0 Å². The molecule has 1 amide bonds. The van der Waals surface area contributed by atoms with Crippen LogP contribution in [0, 0.1) is 0 Å². The van der Waals surface area contributed by atoms with E-state index in [-0.39, 0.29) is 5.76 Å². The van der Waals surface area contributed by atoms with Crippen LogP contribution < -0.4 is 16.4 Å². The van der Waals surface area contributed by atoms with Gasteiger partial charge in [0, 0.05) is 32.2 Å². The molecule has 0 aromatic carbocycles. The Balaban J connectivity index is 1.45. The molecule has 0 bridgehead atoms. The normalized spacial score (nSPS) is 22.9. The maximum Gasteiger partial charge on any atom is 0.284 e. The molecule has 1 aliphatic carbocycles. The van der Waals surface area contributed by atoms with E-state index < -0.39 is 5.91 Å². The Morgan fingerprint density at radius 1 is 1.38 bits per heavy atom. The van der Waals surface area contributed by atoms with Crippen molar-refractivity contribution in [1.29, 1.82) is 0 Å². The molecule has 4 N–H and O–H groups in total. The fraction of sp³-hybridized carbons (Fsp3) is 0.647. The molecule has 2 fully saturated rings. The Hall–Kier alpha value is -2.02. The molecule has 7 nitrogen and oxygen atoms in total. The van der Waals surface area contributed by atoms with Gasteiger partial charge in [-0.3, -0.25) is 14.7 Å². The highest BCUT2D eigenvalue weighted by Crippen LogP contribution is 2.26. The largest absolute Gasteiger partial charge is 0.454 e. The average Bonchev–Trinajstić information content (AvgIpc) is 3.31. The van der Waals surface area contributed by atoms with Gasteiger partial charge in [-0.1, -0.05) is 12.8 Å². The number of carbonyl (C=O) groups excluding carboxylic acids is 1. The number of hydrogen-bond donors (Lipinski definition) is 3. The predicted molar refractivity (Wildman–Crippen MR) is 92.8 cm³/mol. The third-order valence-electron chi connectivity index (χ3n) is 4.96. The van der Waals surface area contributed by atoms with E-state index in [1.54, 1.807) is 19.2 Å². The molecule has 1 saturated heterocycles. The summed E-state index contributed by atoms with van der Waals surface area (Å²) in [7, 11) is 1.76. The Labute approximate surface area is 142 Å². The molecule has 0 spiro atoms. The second-order valence-corrected chi connectivity index (χ2v) is 6.62. The number of guanidine groups is 1. The zero-order valence-electron chi connectivity index (χ0n) is 14.3. The van der Waals surface area contributed by atoms with Gasteiger partial charge in [-0.15, -0.1) is 0 Å². The summed E-state index contributed by atoms with van der Waals surface area (Å²) in [5.74, 6) is 1.04. The van der Waals surface area contributed by atoms with Crippen molar-refractivity contribution < 1.29 is 9.21 Å². The van der Waals surface area contributed by atoms with Gasteiger partial charge >= 0.3 is 0 Å². The second kappa shape index (κ2) is 7.70. The quantitative estimate of drug-likeness (QED) is 0.553. The van der Waals surface area contributed by atoms with Crippen LogP contribution in [0.5, 0.6) is 0 Å². The molecule has 1 atom stereocenters. The average molecular weight is 333 g/mol. The molecule has 7 heteroatoms. The summed E-state index contributed by atoms with van der Waals surface area (Å²) in [6.45, 7) is 2.71. The van der Waals surface area contributed by atoms with Gasteiger partial charge in [-0.05, 0) is 31.4 Å². The van der Waals surface area contributed by atoms with Crippen LogP contribution in [0.3, 0.4) is 0 Å². The van der Waals surface area contributed by atoms with E-state index in [2.05, 4.69) is 20.5 Å². The molecule has 0 radical (unpaired) electrons. The number of furan rings is 1. The number of carbonyl (C=O) groups is 1. The Bertz CT molecular complexity index is 592. The van der Waals surface area contributed by atoms with Crippen LogP contribution in [0.25, 0.3) is 0 Å². The highest BCUT2D eigenvalue weighted by Gasteiger charge is 2.30. The maximum atomic E-state index is 11.0. The van der Waals surface area contributed by atoms with Gasteiger partial charge in [-0.25, -0.2) is 0 Å². The molecule has 2 heterocycles. The van der Waals surface area contributed by atoms with Gasteiger partial charge in [0.1, 0.15) is 5.76 Å². The van der Waals surface area contributed by atoms with Gasteiger partial charge in [0.15, 0.2) is 11.7 Å². The van der Waals surface area contributed by atoms with Crippen molar-refractivity contribution in [2.45, 2.75) is 50.7 Å². The smallest absolute Gasteiger partial charge is 0.284 e. The number of nitrogens with zero attached hydrogens (tertiary/aromatic N) is 2. The molecule has 1 unspecified atom stereocenters. The van der Waals surface area contributed by atoms with Crippen molar-refractivity contribution in [2.24, 2.45) is 10.7 Å². The molecule has 24 heavy (non-hydrogen) atoms. The number of nitrogens with two attached hydrogens (primary N) is 1. The lowest BCUT2D eigenvalue weighted by atomic mass is 10.2. The summed E-state index contributed by atoms with van der Waals surface area (Å²) in [6, 6.07) is 4.54. The summed E-state index contributed by atoms with van der Waals surface area (Å²) < 4.78 is 5.37. The highest BCUT2D eigenvalue weighted by molar-refractivity contribution is 5.89. The maximum absolute atomic E-state index is 11.0. The predicted octanol–water partition coefficient (Wildman–Crippen LogP) is 1.06. The first kappa shape index (κ1) is 16.8. The zero-order chi connectivity index (χ0) is 16.9. The van der Waals surface area contributed by atoms with Crippen molar-refractivity contribution in [2.75, 3.05) is 20.1 Å². The van der Waals surface area contributed by atoms with Crippen molar-refractivity contribution >= 4 is 11.9 Å². The first-order valence-corrected chi connectivity index (χ1v) is 8.75. The van der Waals surface area contributed by atoms with Crippen molar-refractivity contribution in [3.63, 3.8) is 0 Å². The topological polar surface area (TPSA) is 95.9 Å². The lowest BCUT2D eigenvalue weighted by molar-refractivity contribution is 0.0972. The fourth-order valence-corrected chi connectivity index (χ4v) is 3.67. The molecular weight excluding hydrogens is 306 g/mol. The van der Waals surface area contributed by atoms with Crippen LogP contribution in [0.1, 0.15) is 48.4 Å². The Morgan fingerprint density at radius 2 is 2.17 bits per heavy atom. The van der Waals surface area contributed by atoms with Crippen LogP contribution in [0.4, 0.5) is 0 Å². The third kappa shape index (κ3) is 4.08. The van der Waals surface area contributed by atoms with Crippen molar-refractivity contribution in [1.82, 2.24) is 15.5 Å². The molecule has 1 saturated carbocycles. The minimum atomic E-state index is -0.554. The van der Waals surface area contributed by atoms with E-state index in [0.717, 1.165) is 25.0 Å². The first-order chi connectivity index (χ1) is 11.7. The first-order valence-electron chi connectivity index (χ1n) is 8.75. The van der Waals surface area contributed by atoms with E-state index in [0.29, 0.717) is 18.3 Å². The fourth-order valence-electron chi connectivity index (χ4n) is 3.67. The van der Waals surface area contributed by atoms with Gasteiger partial charge in [0.05, 0.1) is 6.54 Å². The van der Waals surface area contributed by atoms with Crippen LogP contribution in [0.2, 0.25) is 0 Å². The van der Waals surface area contributed by atoms with Gasteiger partial charge < -0.3 is 20.8 Å². The van der Waals surface area contributed by atoms with E-state index in [1.807, 2.05) is 0 Å². The number of aliphatic imine (C=N–C) groups is 1. The summed E-state index contributed by atoms with van der Waals surface area (Å²) in [5, 5.41) is 6.71. The minimum Gasteiger partial charge on any atom is -0.454 e. The number of amides is 1. The van der Waals surface area contributed by atoms with Crippen LogP contribution in [0.15, 0.2) is 21.5 Å². The Morgan fingerprint density at radius 3 is 2.83 bits per heavy atom. The van der Waals surface area contributed by atoms with Crippen LogP contribution in [-0.2, 0) is 6.54 Å². The molecule has 132 valence electrons. The van der Waals surface area contributed by atoms with Crippen molar-refractivity contribution in [3.05, 3.63) is 23.7 Å². The molecular formula is C17H27N5O2. The number of rotatable bonds is 5. The summed E-state index contributed by atoms with van der Waals surface area (Å²) >= 11 is 0. The number of likely N-dealkylation sites (tertiary alicyclic amines) is 1. The molecule has 3 rings (SSSR count). The minimum absolute atomic E-state index is 0.178. The summed E-state index contributed by atoms with van der Waals surface area (Å²) in [4.78, 5) is 17.9. The lowest BCUT2D eigenvalue weighted by Crippen LogP contribution is -2.45. The number of hydrogen-bond acceptors (Lipinski definition) is 4. The van der Waals surface area contributed by atoms with Gasteiger partial charge in [0.25, 0.3) is 5.91 Å². The monoisotopic (exact) mass is 333 g/mol. The SMILES string of the molecule is CN=C(NCc1ccc(C(N)=O)o1)NC1CCN(C2CCCC2)C1. The van der Waals surface area contributed by atoms with E-state index >= 15 is 0 Å². The molecule has 1 aromatic rings. The Kier molecular flexibility index (Phi) is 5.40. The van der Waals surface area contributed by atoms with Crippen molar-refractivity contribution in [3.8, 4) is 0 Å². The summed E-state index contributed by atoms with van der Waals surface area (Å²) in [5.41, 5.74) is 5.19. The molecule has 1 aliphatic heterocycles. The van der Waals surface area contributed by atoms with E-state index in [4.69, 9.17) is 10.2 Å². The molecule has 2 aliphatic rings. The molecule has 1 aromatic heterocycles. The highest BCUT2D eigenvalue weighted by atomic mass is 16.3. The summed E-state index contributed by atoms with van der Waals surface area (Å²) in [6.07, 6.45) is 6.59. The number of primary amides is 1. The third-order valence-corrected chi connectivity index (χ3v) is 4.96. The van der Waals surface area contributed by atoms with Gasteiger partial charge in [0.2, 0.25) is 0 Å². The van der Waals surface area contributed by atoms with Crippen LogP contribution in [-0.4, -0.2) is 49.0 Å².